The maximum Gasteiger partial charge on any atom is 0.143 e. The van der Waals surface area contributed by atoms with E-state index in [1.54, 1.807) is 0 Å². The van der Waals surface area contributed by atoms with E-state index in [0.717, 1.165) is 94.3 Å². The summed E-state index contributed by atoms with van der Waals surface area (Å²) < 4.78 is 12.6. The molecular formula is C48H31NO2. The Morgan fingerprint density at radius 3 is 1.59 bits per heavy atom. The molecule has 0 fully saturated rings. The third kappa shape index (κ3) is 5.06. The summed E-state index contributed by atoms with van der Waals surface area (Å²) in [6, 6.07) is 66.2. The zero-order chi connectivity index (χ0) is 33.7. The van der Waals surface area contributed by atoms with Gasteiger partial charge in [-0.15, -0.1) is 0 Å². The van der Waals surface area contributed by atoms with Crippen molar-refractivity contribution in [3.05, 3.63) is 188 Å². The predicted octanol–water partition coefficient (Wildman–Crippen LogP) is 14.0. The average Bonchev–Trinajstić information content (AvgIpc) is 3.77. The van der Waals surface area contributed by atoms with Crippen LogP contribution in [0.3, 0.4) is 0 Å². The molecule has 3 heteroatoms. The highest BCUT2D eigenvalue weighted by Crippen LogP contribution is 2.40. The van der Waals surface area contributed by atoms with Crippen molar-refractivity contribution in [3.8, 4) is 33.4 Å². The van der Waals surface area contributed by atoms with Crippen LogP contribution in [0.5, 0.6) is 0 Å². The van der Waals surface area contributed by atoms with Crippen LogP contribution in [0.25, 0.3) is 77.3 Å². The van der Waals surface area contributed by atoms with Gasteiger partial charge < -0.3 is 13.7 Å². The summed E-state index contributed by atoms with van der Waals surface area (Å²) in [7, 11) is 0. The minimum absolute atomic E-state index is 0.893. The summed E-state index contributed by atoms with van der Waals surface area (Å²) in [5, 5.41) is 4.53. The third-order valence-corrected chi connectivity index (χ3v) is 9.89. The van der Waals surface area contributed by atoms with E-state index in [1.807, 2.05) is 18.2 Å². The highest BCUT2D eigenvalue weighted by Gasteiger charge is 2.16. The Morgan fingerprint density at radius 2 is 0.843 bits per heavy atom. The number of nitrogens with zero attached hydrogens (tertiary/aromatic N) is 1. The molecule has 240 valence electrons. The van der Waals surface area contributed by atoms with Gasteiger partial charge in [0.25, 0.3) is 0 Å². The van der Waals surface area contributed by atoms with Crippen LogP contribution in [0.1, 0.15) is 0 Å². The van der Waals surface area contributed by atoms with Crippen molar-refractivity contribution in [3.63, 3.8) is 0 Å². The van der Waals surface area contributed by atoms with Crippen molar-refractivity contribution in [2.75, 3.05) is 4.90 Å². The number of rotatable bonds is 6. The Hall–Kier alpha value is -6.84. The van der Waals surface area contributed by atoms with E-state index in [4.69, 9.17) is 8.83 Å². The van der Waals surface area contributed by atoms with E-state index in [0.29, 0.717) is 0 Å². The van der Waals surface area contributed by atoms with Gasteiger partial charge in [-0.25, -0.2) is 0 Å². The van der Waals surface area contributed by atoms with E-state index in [9.17, 15) is 0 Å². The van der Waals surface area contributed by atoms with Gasteiger partial charge in [-0.05, 0) is 94.5 Å². The Kier molecular flexibility index (Phi) is 6.81. The highest BCUT2D eigenvalue weighted by atomic mass is 16.3. The van der Waals surface area contributed by atoms with Gasteiger partial charge in [-0.3, -0.25) is 0 Å². The van der Waals surface area contributed by atoms with E-state index < -0.39 is 0 Å². The zero-order valence-corrected chi connectivity index (χ0v) is 27.7. The van der Waals surface area contributed by atoms with Crippen LogP contribution >= 0.6 is 0 Å². The van der Waals surface area contributed by atoms with Gasteiger partial charge in [0, 0.05) is 44.2 Å². The Morgan fingerprint density at radius 1 is 0.294 bits per heavy atom. The Balaban J connectivity index is 0.985. The first-order valence-corrected chi connectivity index (χ1v) is 17.2. The second-order valence-electron chi connectivity index (χ2n) is 12.9. The fourth-order valence-electron chi connectivity index (χ4n) is 7.36. The summed E-state index contributed by atoms with van der Waals surface area (Å²) in [5.41, 5.74) is 13.7. The number of furan rings is 2. The average molecular weight is 654 g/mol. The van der Waals surface area contributed by atoms with Crippen LogP contribution < -0.4 is 4.90 Å². The van der Waals surface area contributed by atoms with Crippen molar-refractivity contribution >= 4 is 60.9 Å². The van der Waals surface area contributed by atoms with Gasteiger partial charge in [0.2, 0.25) is 0 Å². The van der Waals surface area contributed by atoms with E-state index in [1.165, 1.54) is 0 Å². The summed E-state index contributed by atoms with van der Waals surface area (Å²) in [6.45, 7) is 0. The van der Waals surface area contributed by atoms with E-state index in [2.05, 4.69) is 175 Å². The number of hydrogen-bond acceptors (Lipinski definition) is 3. The zero-order valence-electron chi connectivity index (χ0n) is 27.7. The normalized spacial score (nSPS) is 11.5. The lowest BCUT2D eigenvalue weighted by Crippen LogP contribution is -2.09. The maximum absolute atomic E-state index is 6.43. The standard InChI is InChI=1S/C48H31NO2/c1-3-10-34(11-4-1)40-15-9-16-43-44-30-35(23-29-46(44)51-48(40)43)32-18-24-38(25-19-32)49(37-12-5-2-6-13-37)39-26-20-33(21-27-39)36-22-28-42-41-14-7-8-17-45(41)50-47(42)31-36/h1-31H. The van der Waals surface area contributed by atoms with Crippen LogP contribution in [0, 0.1) is 0 Å². The molecule has 0 aliphatic heterocycles. The lowest BCUT2D eigenvalue weighted by Gasteiger charge is -2.26. The molecule has 0 N–H and O–H groups in total. The van der Waals surface area contributed by atoms with E-state index in [-0.39, 0.29) is 0 Å². The van der Waals surface area contributed by atoms with Gasteiger partial charge in [-0.2, -0.15) is 0 Å². The first-order chi connectivity index (χ1) is 25.3. The fourth-order valence-corrected chi connectivity index (χ4v) is 7.36. The highest BCUT2D eigenvalue weighted by molar-refractivity contribution is 6.10. The number of benzene rings is 8. The molecule has 2 aromatic heterocycles. The monoisotopic (exact) mass is 653 g/mol. The molecule has 0 saturated heterocycles. The quantitative estimate of drug-likeness (QED) is 0.179. The molecule has 0 spiro atoms. The molecule has 51 heavy (non-hydrogen) atoms. The molecule has 0 unspecified atom stereocenters. The minimum Gasteiger partial charge on any atom is -0.456 e. The molecule has 2 heterocycles. The van der Waals surface area contributed by atoms with E-state index >= 15 is 0 Å². The van der Waals surface area contributed by atoms with Gasteiger partial charge >= 0.3 is 0 Å². The molecule has 0 atom stereocenters. The summed E-state index contributed by atoms with van der Waals surface area (Å²) >= 11 is 0. The van der Waals surface area contributed by atoms with Gasteiger partial charge in [0.05, 0.1) is 0 Å². The van der Waals surface area contributed by atoms with Gasteiger partial charge in [0.15, 0.2) is 0 Å². The first-order valence-electron chi connectivity index (χ1n) is 17.2. The Bertz CT molecular complexity index is 2830. The SMILES string of the molecule is c1ccc(-c2cccc3c2oc2ccc(-c4ccc(N(c5ccccc5)c5ccc(-c6ccc7c(c6)oc6ccccc67)cc5)cc4)cc23)cc1. The van der Waals surface area contributed by atoms with Gasteiger partial charge in [0.1, 0.15) is 22.3 Å². The number of hydrogen-bond donors (Lipinski definition) is 0. The van der Waals surface area contributed by atoms with Crippen molar-refractivity contribution in [1.82, 2.24) is 0 Å². The van der Waals surface area contributed by atoms with Crippen LogP contribution in [0.4, 0.5) is 17.1 Å². The molecule has 0 radical (unpaired) electrons. The molecule has 0 amide bonds. The van der Waals surface area contributed by atoms with Crippen LogP contribution in [0.2, 0.25) is 0 Å². The number of para-hydroxylation sites is 3. The van der Waals surface area contributed by atoms with Crippen molar-refractivity contribution in [1.29, 1.82) is 0 Å². The lowest BCUT2D eigenvalue weighted by atomic mass is 10.00. The molecule has 3 nitrogen and oxygen atoms in total. The molecule has 8 aromatic carbocycles. The van der Waals surface area contributed by atoms with Crippen molar-refractivity contribution in [2.24, 2.45) is 0 Å². The van der Waals surface area contributed by atoms with Crippen LogP contribution in [-0.2, 0) is 0 Å². The number of anilines is 3. The fraction of sp³-hybridized carbons (Fsp3) is 0. The van der Waals surface area contributed by atoms with Crippen molar-refractivity contribution in [2.45, 2.75) is 0 Å². The molecule has 10 aromatic rings. The summed E-state index contributed by atoms with van der Waals surface area (Å²) in [5.74, 6) is 0. The minimum atomic E-state index is 0.893. The van der Waals surface area contributed by atoms with Gasteiger partial charge in [-0.1, -0.05) is 121 Å². The molecule has 0 aliphatic rings. The predicted molar refractivity (Wildman–Crippen MR) is 212 cm³/mol. The van der Waals surface area contributed by atoms with Crippen molar-refractivity contribution < 1.29 is 8.83 Å². The number of fused-ring (bicyclic) bond motifs is 6. The topological polar surface area (TPSA) is 29.5 Å². The molecule has 0 aliphatic carbocycles. The molecular weight excluding hydrogens is 623 g/mol. The third-order valence-electron chi connectivity index (χ3n) is 9.89. The smallest absolute Gasteiger partial charge is 0.143 e. The second-order valence-corrected chi connectivity index (χ2v) is 12.9. The molecule has 0 saturated carbocycles. The Labute approximate surface area is 295 Å². The summed E-state index contributed by atoms with van der Waals surface area (Å²) in [4.78, 5) is 2.30. The lowest BCUT2D eigenvalue weighted by molar-refractivity contribution is 0.669. The maximum atomic E-state index is 6.43. The molecule has 10 rings (SSSR count). The van der Waals surface area contributed by atoms with Crippen LogP contribution in [0.15, 0.2) is 197 Å². The van der Waals surface area contributed by atoms with Crippen LogP contribution in [-0.4, -0.2) is 0 Å². The first kappa shape index (κ1) is 29.1. The largest absolute Gasteiger partial charge is 0.456 e. The summed E-state index contributed by atoms with van der Waals surface area (Å²) in [6.07, 6.45) is 0. The molecule has 0 bridgehead atoms. The second kappa shape index (κ2) is 11.9.